The van der Waals surface area contributed by atoms with Crippen LogP contribution >= 0.6 is 0 Å². The van der Waals surface area contributed by atoms with Gasteiger partial charge in [0, 0.05) is 38.5 Å². The van der Waals surface area contributed by atoms with Crippen LogP contribution < -0.4 is 0 Å². The monoisotopic (exact) mass is 608 g/mol. The van der Waals surface area contributed by atoms with Gasteiger partial charge in [0.2, 0.25) is 0 Å². The number of carbonyl (C=O) groups is 4. The third-order valence-electron chi connectivity index (χ3n) is 7.78. The fraction of sp³-hybridized carbons (Fsp3) is 0.375. The van der Waals surface area contributed by atoms with Crippen LogP contribution in [0.3, 0.4) is 0 Å². The molecule has 2 aliphatic carbocycles. The maximum Gasteiger partial charge on any atom is 0.348 e. The molecule has 0 aromatic heterocycles. The summed E-state index contributed by atoms with van der Waals surface area (Å²) in [7, 11) is 0. The Labute approximate surface area is 252 Å². The lowest BCUT2D eigenvalue weighted by Crippen LogP contribution is -2.53. The maximum absolute atomic E-state index is 12.8. The first-order chi connectivity index (χ1) is 21.1. The van der Waals surface area contributed by atoms with Gasteiger partial charge >= 0.3 is 23.9 Å². The first-order valence-corrected chi connectivity index (χ1v) is 14.3. The van der Waals surface area contributed by atoms with Crippen molar-refractivity contribution in [3.63, 3.8) is 0 Å². The Morgan fingerprint density at radius 3 is 1.41 bits per heavy atom. The van der Waals surface area contributed by atoms with Gasteiger partial charge in [-0.3, -0.25) is 0 Å². The molecule has 0 unspecified atom stereocenters. The summed E-state index contributed by atoms with van der Waals surface area (Å²) in [5, 5.41) is 20.9. The zero-order chi connectivity index (χ0) is 31.4. The summed E-state index contributed by atoms with van der Waals surface area (Å²) >= 11 is 0. The average Bonchev–Trinajstić information content (AvgIpc) is 2.97. The van der Waals surface area contributed by atoms with Gasteiger partial charge < -0.3 is 38.6 Å². The summed E-state index contributed by atoms with van der Waals surface area (Å²) < 4.78 is 33.1. The first kappa shape index (κ1) is 30.5. The number of ether oxygens (including phenoxy) is 6. The van der Waals surface area contributed by atoms with Crippen LogP contribution in [0.15, 0.2) is 95.9 Å². The van der Waals surface area contributed by atoms with Crippen LogP contribution in [0.1, 0.15) is 57.8 Å². The molecule has 44 heavy (non-hydrogen) atoms. The van der Waals surface area contributed by atoms with Crippen molar-refractivity contribution in [1.29, 1.82) is 0 Å². The molecule has 0 atom stereocenters. The van der Waals surface area contributed by atoms with Gasteiger partial charge in [-0.2, -0.15) is 0 Å². The highest BCUT2D eigenvalue weighted by Gasteiger charge is 2.55. The molecular weight excluding hydrogens is 576 g/mol. The normalized spacial score (nSPS) is 24.6. The Kier molecular flexibility index (Phi) is 8.52. The van der Waals surface area contributed by atoms with Crippen molar-refractivity contribution in [3.8, 4) is 0 Å². The Hall–Kier alpha value is -5.00. The van der Waals surface area contributed by atoms with Gasteiger partial charge in [-0.1, -0.05) is 55.5 Å². The lowest BCUT2D eigenvalue weighted by Gasteiger charge is -2.46. The molecule has 3 spiro atoms. The number of carbonyl (C=O) groups excluding carboxylic acids is 4. The third-order valence-corrected chi connectivity index (χ3v) is 7.78. The Morgan fingerprint density at radius 2 is 0.955 bits per heavy atom. The Morgan fingerprint density at radius 1 is 0.523 bits per heavy atom. The zero-order valence-corrected chi connectivity index (χ0v) is 23.8. The summed E-state index contributed by atoms with van der Waals surface area (Å²) in [6.07, 6.45) is 17.9. The number of hydrogen-bond acceptors (Lipinski definition) is 12. The number of hydrogen-bond donors (Lipinski definition) is 2. The summed E-state index contributed by atoms with van der Waals surface area (Å²) in [5.41, 5.74) is -0.666. The zero-order valence-electron chi connectivity index (χ0n) is 23.8. The molecule has 0 bridgehead atoms. The van der Waals surface area contributed by atoms with E-state index >= 15 is 0 Å². The van der Waals surface area contributed by atoms with Crippen LogP contribution in [0.25, 0.3) is 0 Å². The highest BCUT2D eigenvalue weighted by Crippen LogP contribution is 2.46. The quantitative estimate of drug-likeness (QED) is 0.140. The minimum absolute atomic E-state index is 0.00525. The Bertz CT molecular complexity index is 1430. The third kappa shape index (κ3) is 6.34. The van der Waals surface area contributed by atoms with E-state index in [0.29, 0.717) is 12.8 Å². The van der Waals surface area contributed by atoms with Gasteiger partial charge in [0.15, 0.2) is 0 Å². The summed E-state index contributed by atoms with van der Waals surface area (Å²) in [6, 6.07) is 0. The molecule has 1 saturated heterocycles. The lowest BCUT2D eigenvalue weighted by molar-refractivity contribution is -0.302. The largest absolute Gasteiger partial charge is 0.480 e. The highest BCUT2D eigenvalue weighted by molar-refractivity contribution is 6.15. The van der Waals surface area contributed by atoms with Crippen molar-refractivity contribution in [3.05, 3.63) is 95.9 Å². The minimum Gasteiger partial charge on any atom is -0.480 e. The molecule has 12 heteroatoms. The second-order valence-corrected chi connectivity index (χ2v) is 10.8. The molecule has 3 aliphatic heterocycles. The molecule has 5 rings (SSSR count). The molecule has 0 amide bonds. The maximum atomic E-state index is 12.8. The van der Waals surface area contributed by atoms with Crippen molar-refractivity contribution >= 4 is 23.9 Å². The van der Waals surface area contributed by atoms with E-state index in [1.807, 2.05) is 0 Å². The van der Waals surface area contributed by atoms with Gasteiger partial charge in [-0.05, 0) is 31.1 Å². The Balaban J connectivity index is 1.18. The second-order valence-electron chi connectivity index (χ2n) is 10.8. The standard InChI is InChI=1S/C32H32O12/c1-2-3-4-7-12-21-26(35)41-31(42-27(21)36)17-19-32(20-18-31)43-28(37)23(29(38)44-32)14-9-5-8-13-22-24(33)39-30(40-25(22)34)15-10-6-11-16-30/h2-5,7-9,12-14,35,37H,1,6,10-11,15-20H2/b4-3+,8-5?,12-7+,14-9?. The van der Waals surface area contributed by atoms with Crippen LogP contribution in [-0.2, 0) is 47.6 Å². The van der Waals surface area contributed by atoms with Gasteiger partial charge in [0.05, 0.1) is 0 Å². The fourth-order valence-corrected chi connectivity index (χ4v) is 5.47. The van der Waals surface area contributed by atoms with Crippen LogP contribution in [0, 0.1) is 0 Å². The minimum atomic E-state index is -1.52. The van der Waals surface area contributed by atoms with Crippen LogP contribution in [0.4, 0.5) is 0 Å². The second kappa shape index (κ2) is 12.3. The topological polar surface area (TPSA) is 164 Å². The molecule has 2 saturated carbocycles. The predicted molar refractivity (Wildman–Crippen MR) is 150 cm³/mol. The lowest BCUT2D eigenvalue weighted by atomic mass is 9.87. The van der Waals surface area contributed by atoms with Gasteiger partial charge in [-0.15, -0.1) is 0 Å². The van der Waals surface area contributed by atoms with Crippen LogP contribution in [0.5, 0.6) is 0 Å². The van der Waals surface area contributed by atoms with Gasteiger partial charge in [0.1, 0.15) is 16.7 Å². The molecule has 232 valence electrons. The molecule has 3 heterocycles. The molecule has 5 aliphatic rings. The molecule has 0 aromatic rings. The fourth-order valence-electron chi connectivity index (χ4n) is 5.47. The number of aliphatic hydroxyl groups is 2. The highest BCUT2D eigenvalue weighted by atomic mass is 16.8. The van der Waals surface area contributed by atoms with E-state index < -0.39 is 53.1 Å². The number of aliphatic hydroxyl groups excluding tert-OH is 2. The van der Waals surface area contributed by atoms with Gasteiger partial charge in [0.25, 0.3) is 29.3 Å². The average molecular weight is 609 g/mol. The smallest absolute Gasteiger partial charge is 0.348 e. The molecular formula is C32H32O12. The SMILES string of the molecule is C=C/C=C/C=C/C1=C(O)OC2(CCC3(CC2)OC(=O)C(C=CC=CC=C2C(=O)OC4(CCCCC4)OC2=O)=C(O)O3)OC1=O. The molecule has 2 N–H and O–H groups in total. The summed E-state index contributed by atoms with van der Waals surface area (Å²) in [6.45, 7) is 3.54. The van der Waals surface area contributed by atoms with Crippen molar-refractivity contribution < 1.29 is 57.8 Å². The van der Waals surface area contributed by atoms with E-state index in [4.69, 9.17) is 28.4 Å². The van der Waals surface area contributed by atoms with E-state index in [0.717, 1.165) is 19.3 Å². The summed E-state index contributed by atoms with van der Waals surface area (Å²) in [5.74, 6) is -8.58. The van der Waals surface area contributed by atoms with Crippen molar-refractivity contribution in [2.24, 2.45) is 0 Å². The molecule has 3 fully saturated rings. The van der Waals surface area contributed by atoms with E-state index in [-0.39, 0.29) is 42.4 Å². The number of esters is 4. The van der Waals surface area contributed by atoms with Gasteiger partial charge in [-0.25, -0.2) is 19.2 Å². The molecule has 0 radical (unpaired) electrons. The number of rotatable bonds is 6. The summed E-state index contributed by atoms with van der Waals surface area (Å²) in [4.78, 5) is 50.1. The molecule has 12 nitrogen and oxygen atoms in total. The van der Waals surface area contributed by atoms with E-state index in [2.05, 4.69) is 6.58 Å². The van der Waals surface area contributed by atoms with Crippen molar-refractivity contribution in [2.45, 2.75) is 75.1 Å². The van der Waals surface area contributed by atoms with Crippen molar-refractivity contribution in [2.75, 3.05) is 0 Å². The van der Waals surface area contributed by atoms with Crippen molar-refractivity contribution in [1.82, 2.24) is 0 Å². The van der Waals surface area contributed by atoms with E-state index in [1.165, 1.54) is 42.5 Å². The van der Waals surface area contributed by atoms with Crippen LogP contribution in [0.2, 0.25) is 0 Å². The molecule has 0 aromatic carbocycles. The van der Waals surface area contributed by atoms with Crippen LogP contribution in [-0.4, -0.2) is 51.5 Å². The van der Waals surface area contributed by atoms with E-state index in [1.54, 1.807) is 18.2 Å². The first-order valence-electron chi connectivity index (χ1n) is 14.3. The van der Waals surface area contributed by atoms with E-state index in [9.17, 15) is 29.4 Å². The number of allylic oxidation sites excluding steroid dienone is 8. The predicted octanol–water partition coefficient (Wildman–Crippen LogP) is 4.74.